The summed E-state index contributed by atoms with van der Waals surface area (Å²) in [4.78, 5) is 24.5. The number of carbonyl (C=O) groups excluding carboxylic acids is 2. The van der Waals surface area contributed by atoms with Gasteiger partial charge in [0.2, 0.25) is 0 Å². The van der Waals surface area contributed by atoms with E-state index in [1.54, 1.807) is 6.92 Å². The number of carbonyl (C=O) groups is 2. The van der Waals surface area contributed by atoms with Crippen LogP contribution < -0.4 is 0 Å². The number of esters is 2. The van der Waals surface area contributed by atoms with Gasteiger partial charge in [-0.15, -0.1) is 0 Å². The number of ether oxygens (including phenoxy) is 6. The molecule has 0 amide bonds. The summed E-state index contributed by atoms with van der Waals surface area (Å²) < 4.78 is 32.7. The fourth-order valence-electron chi connectivity index (χ4n) is 6.58. The van der Waals surface area contributed by atoms with Crippen LogP contribution in [0.15, 0.2) is 24.3 Å². The molecule has 2 fully saturated rings. The summed E-state index contributed by atoms with van der Waals surface area (Å²) in [5.74, 6) is -1.03. The van der Waals surface area contributed by atoms with Crippen molar-refractivity contribution in [2.75, 3.05) is 26.4 Å². The van der Waals surface area contributed by atoms with Gasteiger partial charge in [-0.1, -0.05) is 109 Å². The molecule has 2 aliphatic rings. The Morgan fingerprint density at radius 3 is 1.65 bits per heavy atom. The van der Waals surface area contributed by atoms with Gasteiger partial charge in [0.1, 0.15) is 55.4 Å². The maximum absolute atomic E-state index is 12.7. The van der Waals surface area contributed by atoms with Gasteiger partial charge >= 0.3 is 11.9 Å². The third-order valence-corrected chi connectivity index (χ3v) is 10.2. The van der Waals surface area contributed by atoms with Crippen LogP contribution in [0.3, 0.4) is 0 Å². The van der Waals surface area contributed by atoms with Crippen molar-refractivity contribution in [1.82, 2.24) is 0 Å². The van der Waals surface area contributed by atoms with Crippen molar-refractivity contribution in [2.24, 2.45) is 0 Å². The summed E-state index contributed by atoms with van der Waals surface area (Å²) in [5, 5.41) is 71.2. The fourth-order valence-corrected chi connectivity index (χ4v) is 6.58. The SMILES string of the molecule is CCCCCCC/C=C\C/C=C\CCCCCCCCCCCC(=O)OC(COC(=O)CC)COC1OC(COC2OC(CO)C(O)C(O)C2O)C(O)C(O)C1O. The normalized spacial score (nSPS) is 28.6. The Morgan fingerprint density at radius 1 is 0.579 bits per heavy atom. The van der Waals surface area contributed by atoms with Crippen LogP contribution in [0.2, 0.25) is 0 Å². The average Bonchev–Trinajstić information content (AvgIpc) is 3.21. The largest absolute Gasteiger partial charge is 0.462 e. The molecule has 11 unspecified atom stereocenters. The lowest BCUT2D eigenvalue weighted by atomic mass is 9.98. The maximum atomic E-state index is 12.7. The molecule has 57 heavy (non-hydrogen) atoms. The van der Waals surface area contributed by atoms with Crippen LogP contribution in [0.4, 0.5) is 0 Å². The van der Waals surface area contributed by atoms with Gasteiger partial charge in [-0.25, -0.2) is 0 Å². The highest BCUT2D eigenvalue weighted by atomic mass is 16.7. The minimum Gasteiger partial charge on any atom is -0.462 e. The number of allylic oxidation sites excluding steroid dienone is 4. The van der Waals surface area contributed by atoms with E-state index < -0.39 is 92.7 Å². The van der Waals surface area contributed by atoms with E-state index in [-0.39, 0.29) is 26.1 Å². The van der Waals surface area contributed by atoms with Gasteiger partial charge in [-0.2, -0.15) is 0 Å². The lowest BCUT2D eigenvalue weighted by Crippen LogP contribution is -2.61. The first kappa shape index (κ1) is 51.1. The molecular formula is C42H74O15. The van der Waals surface area contributed by atoms with Gasteiger partial charge in [0, 0.05) is 12.8 Å². The minimum absolute atomic E-state index is 0.0982. The van der Waals surface area contributed by atoms with E-state index in [0.29, 0.717) is 6.42 Å². The van der Waals surface area contributed by atoms with E-state index >= 15 is 0 Å². The second-order valence-corrected chi connectivity index (χ2v) is 15.1. The first-order valence-corrected chi connectivity index (χ1v) is 21.4. The Morgan fingerprint density at radius 2 is 1.09 bits per heavy atom. The molecule has 7 N–H and O–H groups in total. The zero-order valence-electron chi connectivity index (χ0n) is 34.3. The summed E-state index contributed by atoms with van der Waals surface area (Å²) in [6.07, 6.45) is 12.2. The van der Waals surface area contributed by atoms with Crippen molar-refractivity contribution < 1.29 is 73.8 Å². The monoisotopic (exact) mass is 819 g/mol. The smallest absolute Gasteiger partial charge is 0.306 e. The minimum atomic E-state index is -1.76. The first-order valence-electron chi connectivity index (χ1n) is 21.4. The Bertz CT molecular complexity index is 1100. The fraction of sp³-hybridized carbons (Fsp3) is 0.857. The van der Waals surface area contributed by atoms with E-state index in [9.17, 15) is 45.3 Å². The molecule has 15 heteroatoms. The van der Waals surface area contributed by atoms with Crippen molar-refractivity contribution in [3.8, 4) is 0 Å². The number of hydrogen-bond acceptors (Lipinski definition) is 15. The molecule has 11 atom stereocenters. The molecule has 0 radical (unpaired) electrons. The van der Waals surface area contributed by atoms with Gasteiger partial charge in [-0.3, -0.25) is 9.59 Å². The highest BCUT2D eigenvalue weighted by molar-refractivity contribution is 5.70. The zero-order chi connectivity index (χ0) is 41.8. The summed E-state index contributed by atoms with van der Waals surface area (Å²) in [6.45, 7) is 1.94. The van der Waals surface area contributed by atoms with Crippen LogP contribution in [0, 0.1) is 0 Å². The number of aliphatic hydroxyl groups is 7. The Balaban J connectivity index is 1.65. The van der Waals surface area contributed by atoms with E-state index in [0.717, 1.165) is 38.5 Å². The van der Waals surface area contributed by atoms with E-state index in [4.69, 9.17) is 28.4 Å². The summed E-state index contributed by atoms with van der Waals surface area (Å²) in [6, 6.07) is 0. The summed E-state index contributed by atoms with van der Waals surface area (Å²) in [7, 11) is 0. The highest BCUT2D eigenvalue weighted by Crippen LogP contribution is 2.26. The molecule has 0 spiro atoms. The van der Waals surface area contributed by atoms with E-state index in [1.807, 2.05) is 0 Å². The van der Waals surface area contributed by atoms with Crippen LogP contribution in [0.1, 0.15) is 136 Å². The molecule has 2 rings (SSSR count). The molecule has 0 aromatic heterocycles. The molecule has 0 aromatic rings. The summed E-state index contributed by atoms with van der Waals surface area (Å²) >= 11 is 0. The van der Waals surface area contributed by atoms with Crippen molar-refractivity contribution >= 4 is 11.9 Å². The Labute approximate surface area is 339 Å². The summed E-state index contributed by atoms with van der Waals surface area (Å²) in [5.41, 5.74) is 0. The van der Waals surface area contributed by atoms with Gasteiger partial charge in [-0.05, 0) is 38.5 Å². The quantitative estimate of drug-likeness (QED) is 0.0301. The molecule has 332 valence electrons. The highest BCUT2D eigenvalue weighted by Gasteiger charge is 2.47. The second kappa shape index (κ2) is 30.9. The third-order valence-electron chi connectivity index (χ3n) is 10.2. The van der Waals surface area contributed by atoms with E-state index in [1.165, 1.54) is 64.2 Å². The lowest BCUT2D eigenvalue weighted by Gasteiger charge is -2.42. The van der Waals surface area contributed by atoms with Gasteiger partial charge < -0.3 is 64.2 Å². The van der Waals surface area contributed by atoms with Crippen LogP contribution in [0.25, 0.3) is 0 Å². The topological polar surface area (TPSA) is 231 Å². The molecule has 15 nitrogen and oxygen atoms in total. The van der Waals surface area contributed by atoms with Crippen LogP contribution in [-0.4, -0.2) is 142 Å². The third kappa shape index (κ3) is 20.7. The molecule has 0 saturated carbocycles. The number of hydrogen-bond donors (Lipinski definition) is 7. The molecule has 2 saturated heterocycles. The first-order chi connectivity index (χ1) is 27.5. The van der Waals surface area contributed by atoms with Gasteiger partial charge in [0.25, 0.3) is 0 Å². The zero-order valence-corrected chi connectivity index (χ0v) is 34.3. The standard InChI is InChI=1S/C42H74O15/c1-3-5-6-7-8-9-10-11-12-13-14-15-16-17-18-19-20-21-22-23-24-25-34(45)55-30(27-52-33(44)4-2)28-53-41-40(51)38(49)36(47)32(57-41)29-54-42-39(50)37(48)35(46)31(26-43)56-42/h10-11,13-14,30-32,35-43,46-51H,3-9,12,15-29H2,1-2H3/b11-10-,14-13-. The second-order valence-electron chi connectivity index (χ2n) is 15.1. The lowest BCUT2D eigenvalue weighted by molar-refractivity contribution is -0.332. The average molecular weight is 819 g/mol. The molecule has 2 aliphatic heterocycles. The van der Waals surface area contributed by atoms with Gasteiger partial charge in [0.05, 0.1) is 19.8 Å². The molecule has 2 heterocycles. The predicted octanol–water partition coefficient (Wildman–Crippen LogP) is 3.65. The van der Waals surface area contributed by atoms with Crippen LogP contribution >= 0.6 is 0 Å². The van der Waals surface area contributed by atoms with Crippen molar-refractivity contribution in [1.29, 1.82) is 0 Å². The number of unbranched alkanes of at least 4 members (excludes halogenated alkanes) is 14. The molecule has 0 bridgehead atoms. The van der Waals surface area contributed by atoms with Crippen LogP contribution in [-0.2, 0) is 38.0 Å². The Kier molecular flexibility index (Phi) is 27.7. The number of rotatable bonds is 31. The molecule has 0 aromatic carbocycles. The molecular weight excluding hydrogens is 744 g/mol. The maximum Gasteiger partial charge on any atom is 0.306 e. The Hall–Kier alpha value is -2.02. The van der Waals surface area contributed by atoms with Crippen LogP contribution in [0.5, 0.6) is 0 Å². The molecule has 0 aliphatic carbocycles. The predicted molar refractivity (Wildman–Crippen MR) is 211 cm³/mol. The van der Waals surface area contributed by atoms with E-state index in [2.05, 4.69) is 31.2 Å². The number of aliphatic hydroxyl groups excluding tert-OH is 7. The van der Waals surface area contributed by atoms with Crippen molar-refractivity contribution in [3.63, 3.8) is 0 Å². The van der Waals surface area contributed by atoms with Crippen molar-refractivity contribution in [3.05, 3.63) is 24.3 Å². The van der Waals surface area contributed by atoms with Crippen molar-refractivity contribution in [2.45, 2.75) is 203 Å². The van der Waals surface area contributed by atoms with Gasteiger partial charge in [0.15, 0.2) is 18.7 Å².